The zero-order valence-corrected chi connectivity index (χ0v) is 11.8. The number of nitrogens with zero attached hydrogens (tertiary/aromatic N) is 1. The third-order valence-electron chi connectivity index (χ3n) is 3.54. The fourth-order valence-corrected chi connectivity index (χ4v) is 2.43. The van der Waals surface area contributed by atoms with Gasteiger partial charge in [-0.3, -0.25) is 9.59 Å². The van der Waals surface area contributed by atoms with Gasteiger partial charge in [-0.1, -0.05) is 0 Å². The zero-order valence-electron chi connectivity index (χ0n) is 11.0. The van der Waals surface area contributed by atoms with Crippen LogP contribution < -0.4 is 11.1 Å². The van der Waals surface area contributed by atoms with Crippen molar-refractivity contribution < 1.29 is 14.3 Å². The summed E-state index contributed by atoms with van der Waals surface area (Å²) in [5.74, 6) is -0.201. The molecule has 0 radical (unpaired) electrons. The van der Waals surface area contributed by atoms with Crippen LogP contribution in [0.3, 0.4) is 0 Å². The van der Waals surface area contributed by atoms with Crippen molar-refractivity contribution in [2.24, 2.45) is 5.73 Å². The summed E-state index contributed by atoms with van der Waals surface area (Å²) in [5.41, 5.74) is 5.48. The molecule has 2 saturated heterocycles. The molecular weight excluding hydrogens is 270 g/mol. The summed E-state index contributed by atoms with van der Waals surface area (Å²) in [6.07, 6.45) is 3.16. The van der Waals surface area contributed by atoms with Gasteiger partial charge in [-0.25, -0.2) is 0 Å². The van der Waals surface area contributed by atoms with E-state index in [0.29, 0.717) is 13.0 Å². The Morgan fingerprint density at radius 3 is 2.53 bits per heavy atom. The summed E-state index contributed by atoms with van der Waals surface area (Å²) in [4.78, 5) is 25.3. The van der Waals surface area contributed by atoms with Gasteiger partial charge in [0.1, 0.15) is 6.10 Å². The molecule has 2 aliphatic heterocycles. The van der Waals surface area contributed by atoms with E-state index in [1.54, 1.807) is 4.90 Å². The van der Waals surface area contributed by atoms with Crippen molar-refractivity contribution in [1.29, 1.82) is 0 Å². The summed E-state index contributed by atoms with van der Waals surface area (Å²) in [6.45, 7) is 2.14. The second-order valence-corrected chi connectivity index (χ2v) is 4.87. The molecule has 7 heteroatoms. The van der Waals surface area contributed by atoms with Gasteiger partial charge in [-0.05, 0) is 25.7 Å². The zero-order chi connectivity index (χ0) is 13.0. The maximum atomic E-state index is 11.8. The van der Waals surface area contributed by atoms with Crippen molar-refractivity contribution in [3.05, 3.63) is 0 Å². The van der Waals surface area contributed by atoms with Crippen LogP contribution in [0.5, 0.6) is 0 Å². The van der Waals surface area contributed by atoms with Crippen molar-refractivity contribution in [1.82, 2.24) is 10.2 Å². The molecule has 6 nitrogen and oxygen atoms in total. The van der Waals surface area contributed by atoms with E-state index in [4.69, 9.17) is 10.5 Å². The van der Waals surface area contributed by atoms with Crippen molar-refractivity contribution in [2.45, 2.75) is 37.9 Å². The molecule has 0 aromatic rings. The van der Waals surface area contributed by atoms with Crippen LogP contribution in [0.2, 0.25) is 0 Å². The van der Waals surface area contributed by atoms with Crippen LogP contribution in [0.25, 0.3) is 0 Å². The molecule has 2 aliphatic rings. The predicted molar refractivity (Wildman–Crippen MR) is 73.0 cm³/mol. The number of hydrogen-bond donors (Lipinski definition) is 2. The van der Waals surface area contributed by atoms with Crippen LogP contribution in [-0.2, 0) is 14.3 Å². The Hall–Kier alpha value is -0.850. The highest BCUT2D eigenvalue weighted by molar-refractivity contribution is 5.87. The maximum absolute atomic E-state index is 11.8. The van der Waals surface area contributed by atoms with Gasteiger partial charge in [-0.2, -0.15) is 0 Å². The highest BCUT2D eigenvalue weighted by Gasteiger charge is 2.30. The molecule has 0 bridgehead atoms. The first-order valence-electron chi connectivity index (χ1n) is 6.61. The third kappa shape index (κ3) is 4.33. The smallest absolute Gasteiger partial charge is 0.249 e. The quantitative estimate of drug-likeness (QED) is 0.742. The number of halogens is 1. The number of carbonyl (C=O) groups excluding carboxylic acids is 2. The molecule has 0 spiro atoms. The number of nitrogens with one attached hydrogen (secondary N) is 1. The van der Waals surface area contributed by atoms with Crippen LogP contribution in [0.15, 0.2) is 0 Å². The Labute approximate surface area is 119 Å². The lowest BCUT2D eigenvalue weighted by Gasteiger charge is -2.17. The molecule has 0 aromatic heterocycles. The molecule has 0 saturated carbocycles. The molecule has 2 amide bonds. The first kappa shape index (κ1) is 16.2. The van der Waals surface area contributed by atoms with Gasteiger partial charge in [0.25, 0.3) is 0 Å². The molecule has 0 aliphatic carbocycles. The van der Waals surface area contributed by atoms with Crippen molar-refractivity contribution in [3.8, 4) is 0 Å². The average Bonchev–Trinajstić information content (AvgIpc) is 3.05. The summed E-state index contributed by atoms with van der Waals surface area (Å²) in [7, 11) is 0. The topological polar surface area (TPSA) is 84.7 Å². The lowest BCUT2D eigenvalue weighted by Crippen LogP contribution is -2.42. The Balaban J connectivity index is 0.00000180. The normalized spacial score (nSPS) is 26.1. The Morgan fingerprint density at radius 1 is 1.26 bits per heavy atom. The second-order valence-electron chi connectivity index (χ2n) is 4.87. The first-order chi connectivity index (χ1) is 8.70. The van der Waals surface area contributed by atoms with Gasteiger partial charge in [0.05, 0.1) is 12.6 Å². The van der Waals surface area contributed by atoms with E-state index in [-0.39, 0.29) is 36.9 Å². The molecule has 0 unspecified atom stereocenters. The van der Waals surface area contributed by atoms with Gasteiger partial charge in [-0.15, -0.1) is 12.4 Å². The molecular formula is C12H22ClN3O3. The number of likely N-dealkylation sites (tertiary alicyclic amines) is 1. The fraction of sp³-hybridized carbons (Fsp3) is 0.833. The minimum absolute atomic E-state index is 0. The summed E-state index contributed by atoms with van der Waals surface area (Å²) >= 11 is 0. The number of rotatable bonds is 4. The molecule has 110 valence electrons. The van der Waals surface area contributed by atoms with Crippen LogP contribution >= 0.6 is 12.4 Å². The number of hydrogen-bond acceptors (Lipinski definition) is 4. The van der Waals surface area contributed by atoms with Crippen LogP contribution in [0.1, 0.15) is 25.7 Å². The molecule has 2 fully saturated rings. The van der Waals surface area contributed by atoms with Gasteiger partial charge in [0.15, 0.2) is 0 Å². The van der Waals surface area contributed by atoms with Gasteiger partial charge in [0.2, 0.25) is 11.8 Å². The number of nitrogens with two attached hydrogens (primary N) is 1. The van der Waals surface area contributed by atoms with Crippen molar-refractivity contribution >= 4 is 24.2 Å². The van der Waals surface area contributed by atoms with E-state index in [1.165, 1.54) is 0 Å². The standard InChI is InChI=1S/C12H21N3O3.ClH/c13-7-9-3-4-10(18-9)12(17)14-8-11(16)15-5-1-2-6-15;/h9-10H,1-8,13H2,(H,14,17);1H/t9-,10+;/m1./s1. The number of amides is 2. The molecule has 19 heavy (non-hydrogen) atoms. The predicted octanol–water partition coefficient (Wildman–Crippen LogP) is -0.347. The van der Waals surface area contributed by atoms with Gasteiger partial charge >= 0.3 is 0 Å². The van der Waals surface area contributed by atoms with E-state index in [2.05, 4.69) is 5.32 Å². The van der Waals surface area contributed by atoms with Gasteiger partial charge in [0, 0.05) is 19.6 Å². The van der Waals surface area contributed by atoms with Crippen molar-refractivity contribution in [3.63, 3.8) is 0 Å². The molecule has 2 atom stereocenters. The van der Waals surface area contributed by atoms with Crippen LogP contribution in [0, 0.1) is 0 Å². The fourth-order valence-electron chi connectivity index (χ4n) is 2.43. The van der Waals surface area contributed by atoms with E-state index in [9.17, 15) is 9.59 Å². The number of carbonyl (C=O) groups is 2. The second kappa shape index (κ2) is 7.67. The summed E-state index contributed by atoms with van der Waals surface area (Å²) in [6, 6.07) is 0. The van der Waals surface area contributed by atoms with E-state index >= 15 is 0 Å². The van der Waals surface area contributed by atoms with Crippen molar-refractivity contribution in [2.75, 3.05) is 26.2 Å². The SMILES string of the molecule is Cl.NC[C@H]1CC[C@@H](C(=O)NCC(=O)N2CCCC2)O1. The monoisotopic (exact) mass is 291 g/mol. The third-order valence-corrected chi connectivity index (χ3v) is 3.54. The highest BCUT2D eigenvalue weighted by Crippen LogP contribution is 2.18. The number of ether oxygens (including phenoxy) is 1. The average molecular weight is 292 g/mol. The summed E-state index contributed by atoms with van der Waals surface area (Å²) < 4.78 is 5.47. The largest absolute Gasteiger partial charge is 0.364 e. The lowest BCUT2D eigenvalue weighted by molar-refractivity contribution is -0.136. The Kier molecular flexibility index (Phi) is 6.54. The molecule has 2 rings (SSSR count). The van der Waals surface area contributed by atoms with E-state index in [0.717, 1.165) is 32.4 Å². The Morgan fingerprint density at radius 2 is 1.95 bits per heavy atom. The highest BCUT2D eigenvalue weighted by atomic mass is 35.5. The first-order valence-corrected chi connectivity index (χ1v) is 6.61. The van der Waals surface area contributed by atoms with Crippen LogP contribution in [-0.4, -0.2) is 55.1 Å². The summed E-state index contributed by atoms with van der Waals surface area (Å²) in [5, 5.41) is 2.65. The Bertz CT molecular complexity index is 321. The molecule has 3 N–H and O–H groups in total. The molecule has 2 heterocycles. The minimum atomic E-state index is -0.440. The van der Waals surface area contributed by atoms with Crippen LogP contribution in [0.4, 0.5) is 0 Å². The minimum Gasteiger partial charge on any atom is -0.364 e. The van der Waals surface area contributed by atoms with E-state index in [1.807, 2.05) is 0 Å². The van der Waals surface area contributed by atoms with E-state index < -0.39 is 6.10 Å². The van der Waals surface area contributed by atoms with Gasteiger partial charge < -0.3 is 20.7 Å². The lowest BCUT2D eigenvalue weighted by atomic mass is 10.2. The molecule has 0 aromatic carbocycles. The maximum Gasteiger partial charge on any atom is 0.249 e.